The average molecular weight is 427 g/mol. The van der Waals surface area contributed by atoms with Crippen LogP contribution in [0.15, 0.2) is 48.8 Å². The maximum absolute atomic E-state index is 6.49. The number of nitrogens with zero attached hydrogens (tertiary/aromatic N) is 5. The van der Waals surface area contributed by atoms with Gasteiger partial charge < -0.3 is 11.5 Å². The number of rotatable bonds is 11. The van der Waals surface area contributed by atoms with Gasteiger partial charge in [0.15, 0.2) is 0 Å². The summed E-state index contributed by atoms with van der Waals surface area (Å²) in [6.07, 6.45) is 8.38. The molecule has 0 amide bonds. The molecule has 1 saturated carbocycles. The molecule has 170 valence electrons. The van der Waals surface area contributed by atoms with Gasteiger partial charge >= 0.3 is 0 Å². The van der Waals surface area contributed by atoms with Crippen molar-refractivity contribution in [1.29, 1.82) is 0 Å². The third-order valence-electron chi connectivity index (χ3n) is 6.03. The number of hydrogen-bond donors (Lipinski definition) is 3. The van der Waals surface area contributed by atoms with Crippen molar-refractivity contribution in [2.75, 3.05) is 26.7 Å². The summed E-state index contributed by atoms with van der Waals surface area (Å²) in [5.41, 5.74) is 14.8. The van der Waals surface area contributed by atoms with E-state index in [0.717, 1.165) is 30.8 Å². The van der Waals surface area contributed by atoms with Crippen LogP contribution in [0.3, 0.4) is 0 Å². The molecular formula is C23H38N8. The number of hydrazine groups is 2. The summed E-state index contributed by atoms with van der Waals surface area (Å²) in [4.78, 5) is 8.96. The van der Waals surface area contributed by atoms with Crippen LogP contribution in [0.2, 0.25) is 0 Å². The fraction of sp³-hybridized carbons (Fsp3) is 0.565. The van der Waals surface area contributed by atoms with E-state index in [1.807, 2.05) is 53.8 Å². The van der Waals surface area contributed by atoms with Gasteiger partial charge in [0.05, 0.1) is 24.5 Å². The Morgan fingerprint density at radius 2 is 1.58 bits per heavy atom. The van der Waals surface area contributed by atoms with E-state index in [4.69, 9.17) is 17.3 Å². The Hall–Kier alpha value is -1.94. The lowest BCUT2D eigenvalue weighted by atomic mass is 9.85. The summed E-state index contributed by atoms with van der Waals surface area (Å²) < 4.78 is 0. The zero-order valence-electron chi connectivity index (χ0n) is 18.7. The molecule has 3 atom stereocenters. The van der Waals surface area contributed by atoms with Crippen LogP contribution < -0.4 is 17.3 Å². The maximum atomic E-state index is 6.49. The van der Waals surface area contributed by atoms with E-state index >= 15 is 0 Å². The molecule has 0 spiro atoms. The second-order valence-electron chi connectivity index (χ2n) is 8.73. The van der Waals surface area contributed by atoms with Crippen molar-refractivity contribution < 1.29 is 0 Å². The molecule has 1 fully saturated rings. The van der Waals surface area contributed by atoms with Crippen LogP contribution in [-0.4, -0.2) is 63.8 Å². The summed E-state index contributed by atoms with van der Waals surface area (Å²) in [5, 5.41) is 6.24. The lowest BCUT2D eigenvalue weighted by Gasteiger charge is -2.35. The highest BCUT2D eigenvalue weighted by molar-refractivity contribution is 5.06. The summed E-state index contributed by atoms with van der Waals surface area (Å²) in [6, 6.07) is 12.1. The van der Waals surface area contributed by atoms with Gasteiger partial charge in [-0.2, -0.15) is 0 Å². The van der Waals surface area contributed by atoms with Gasteiger partial charge in [-0.05, 0) is 43.0 Å². The topological polar surface area (TPSA) is 114 Å². The molecule has 1 aliphatic carbocycles. The van der Waals surface area contributed by atoms with Crippen LogP contribution in [0, 0.1) is 5.92 Å². The molecule has 6 N–H and O–H groups in total. The molecule has 8 nitrogen and oxygen atoms in total. The Labute approximate surface area is 186 Å². The lowest BCUT2D eigenvalue weighted by molar-refractivity contribution is -0.0262. The zero-order valence-corrected chi connectivity index (χ0v) is 18.7. The minimum absolute atomic E-state index is 0.0789. The molecule has 0 saturated heterocycles. The second kappa shape index (κ2) is 12.2. The predicted octanol–water partition coefficient (Wildman–Crippen LogP) is 1.35. The monoisotopic (exact) mass is 426 g/mol. The number of aromatic nitrogens is 2. The molecule has 0 aliphatic heterocycles. The largest absolute Gasteiger partial charge is 0.327 e. The van der Waals surface area contributed by atoms with Crippen molar-refractivity contribution in [2.24, 2.45) is 23.2 Å². The molecular weight excluding hydrogens is 388 g/mol. The normalized spacial score (nSPS) is 20.5. The van der Waals surface area contributed by atoms with Crippen LogP contribution in [0.1, 0.15) is 37.1 Å². The quantitative estimate of drug-likeness (QED) is 0.364. The highest BCUT2D eigenvalue weighted by Crippen LogP contribution is 2.23. The molecule has 31 heavy (non-hydrogen) atoms. The third-order valence-corrected chi connectivity index (χ3v) is 6.03. The van der Waals surface area contributed by atoms with E-state index in [1.165, 1.54) is 12.8 Å². The molecule has 3 rings (SSSR count). The van der Waals surface area contributed by atoms with Crippen LogP contribution >= 0.6 is 0 Å². The molecule has 3 unspecified atom stereocenters. The standard InChI is InChI=1S/C23H38N8/c1-29(15-20(24)16-30(26)14-19-8-2-3-11-23(19)25)31(17-21-9-4-6-12-27-21)18-22-10-5-7-13-28-22/h4-7,9-10,12-13,19-20,23H,2-3,8,11,14-18,24-26H2,1H3. The summed E-state index contributed by atoms with van der Waals surface area (Å²) in [7, 11) is 2.06. The highest BCUT2D eigenvalue weighted by atomic mass is 15.6. The van der Waals surface area contributed by atoms with E-state index in [2.05, 4.69) is 27.0 Å². The van der Waals surface area contributed by atoms with Gasteiger partial charge in [-0.1, -0.05) is 25.0 Å². The van der Waals surface area contributed by atoms with Gasteiger partial charge in [0.1, 0.15) is 0 Å². The zero-order chi connectivity index (χ0) is 22.1. The molecule has 2 heterocycles. The number of likely N-dealkylation sites (N-methyl/N-ethyl adjacent to an activating group) is 1. The number of nitrogens with two attached hydrogens (primary N) is 3. The van der Waals surface area contributed by atoms with Crippen LogP contribution in [0.25, 0.3) is 0 Å². The third kappa shape index (κ3) is 7.92. The van der Waals surface area contributed by atoms with Crippen molar-refractivity contribution >= 4 is 0 Å². The molecule has 1 aliphatic rings. The van der Waals surface area contributed by atoms with E-state index in [1.54, 1.807) is 0 Å². The first-order valence-electron chi connectivity index (χ1n) is 11.3. The highest BCUT2D eigenvalue weighted by Gasteiger charge is 2.24. The molecule has 2 aromatic rings. The first-order chi connectivity index (χ1) is 15.0. The second-order valence-corrected chi connectivity index (χ2v) is 8.73. The Bertz CT molecular complexity index is 702. The Balaban J connectivity index is 1.55. The smallest absolute Gasteiger partial charge is 0.0561 e. The maximum Gasteiger partial charge on any atom is 0.0561 e. The predicted molar refractivity (Wildman–Crippen MR) is 124 cm³/mol. The van der Waals surface area contributed by atoms with Gasteiger partial charge in [0.25, 0.3) is 0 Å². The van der Waals surface area contributed by atoms with E-state index < -0.39 is 0 Å². The van der Waals surface area contributed by atoms with Crippen molar-refractivity contribution in [2.45, 2.75) is 50.9 Å². The first kappa shape index (κ1) is 23.7. The molecule has 2 aromatic heterocycles. The van der Waals surface area contributed by atoms with Crippen molar-refractivity contribution in [3.8, 4) is 0 Å². The number of hydrogen-bond acceptors (Lipinski definition) is 8. The van der Waals surface area contributed by atoms with Gasteiger partial charge in [-0.15, -0.1) is 0 Å². The first-order valence-corrected chi connectivity index (χ1v) is 11.3. The number of pyridine rings is 2. The fourth-order valence-corrected chi connectivity index (χ4v) is 4.31. The average Bonchev–Trinajstić information content (AvgIpc) is 2.76. The molecule has 8 heteroatoms. The Kier molecular flexibility index (Phi) is 9.32. The Morgan fingerprint density at radius 3 is 2.13 bits per heavy atom. The van der Waals surface area contributed by atoms with Crippen LogP contribution in [-0.2, 0) is 13.1 Å². The summed E-state index contributed by atoms with van der Waals surface area (Å²) >= 11 is 0. The summed E-state index contributed by atoms with van der Waals surface area (Å²) in [5.74, 6) is 6.78. The van der Waals surface area contributed by atoms with Crippen molar-refractivity contribution in [1.82, 2.24) is 25.0 Å². The van der Waals surface area contributed by atoms with Gasteiger partial charge in [-0.25, -0.2) is 15.0 Å². The molecule has 0 radical (unpaired) electrons. The fourth-order valence-electron chi connectivity index (χ4n) is 4.31. The Morgan fingerprint density at radius 1 is 0.968 bits per heavy atom. The summed E-state index contributed by atoms with van der Waals surface area (Å²) in [6.45, 7) is 3.50. The van der Waals surface area contributed by atoms with E-state index in [9.17, 15) is 0 Å². The molecule has 0 bridgehead atoms. The van der Waals surface area contributed by atoms with Crippen molar-refractivity contribution in [3.05, 3.63) is 60.2 Å². The van der Waals surface area contributed by atoms with E-state index in [0.29, 0.717) is 32.1 Å². The van der Waals surface area contributed by atoms with Crippen molar-refractivity contribution in [3.63, 3.8) is 0 Å². The van der Waals surface area contributed by atoms with Crippen LogP contribution in [0.5, 0.6) is 0 Å². The molecule has 0 aromatic carbocycles. The lowest BCUT2D eigenvalue weighted by Crippen LogP contribution is -2.52. The van der Waals surface area contributed by atoms with Gasteiger partial charge in [-0.3, -0.25) is 15.8 Å². The van der Waals surface area contributed by atoms with E-state index in [-0.39, 0.29) is 12.1 Å². The van der Waals surface area contributed by atoms with Gasteiger partial charge in [0, 0.05) is 51.2 Å². The van der Waals surface area contributed by atoms with Crippen LogP contribution in [0.4, 0.5) is 0 Å². The SMILES string of the molecule is CN(CC(N)CN(N)CC1CCCCC1N)N(Cc1ccccn1)Cc1ccccn1. The minimum atomic E-state index is -0.0789. The van der Waals surface area contributed by atoms with Gasteiger partial charge in [0.2, 0.25) is 0 Å². The minimum Gasteiger partial charge on any atom is -0.327 e.